The van der Waals surface area contributed by atoms with Crippen LogP contribution in [-0.2, 0) is 4.79 Å². The van der Waals surface area contributed by atoms with Gasteiger partial charge in [0.25, 0.3) is 0 Å². The number of benzene rings is 1. The zero-order valence-corrected chi connectivity index (χ0v) is 12.1. The molecule has 0 saturated heterocycles. The maximum Gasteiger partial charge on any atom is 0.233 e. The highest BCUT2D eigenvalue weighted by molar-refractivity contribution is 8.00. The summed E-state index contributed by atoms with van der Waals surface area (Å²) in [4.78, 5) is 15.2. The van der Waals surface area contributed by atoms with E-state index in [1.807, 2.05) is 35.2 Å². The molecule has 5 nitrogen and oxygen atoms in total. The first-order valence-electron chi connectivity index (χ1n) is 6.64. The molecule has 1 aliphatic rings. The number of hydrogen-bond acceptors (Lipinski definition) is 4. The number of amides is 1. The molecule has 0 aliphatic heterocycles. The van der Waals surface area contributed by atoms with E-state index in [0.29, 0.717) is 24.8 Å². The van der Waals surface area contributed by atoms with Gasteiger partial charge in [0.05, 0.1) is 5.75 Å². The minimum Gasteiger partial charge on any atom is -0.409 e. The average molecular weight is 293 g/mol. The number of nitrogens with two attached hydrogens (primary N) is 1. The third kappa shape index (κ3) is 4.45. The van der Waals surface area contributed by atoms with Gasteiger partial charge >= 0.3 is 0 Å². The van der Waals surface area contributed by atoms with Gasteiger partial charge in [-0.15, -0.1) is 11.8 Å². The lowest BCUT2D eigenvalue weighted by atomic mass is 10.3. The highest BCUT2D eigenvalue weighted by Gasteiger charge is 2.32. The molecule has 3 N–H and O–H groups in total. The van der Waals surface area contributed by atoms with E-state index in [2.05, 4.69) is 5.16 Å². The second kappa shape index (κ2) is 7.19. The smallest absolute Gasteiger partial charge is 0.233 e. The van der Waals surface area contributed by atoms with Crippen LogP contribution in [-0.4, -0.2) is 40.2 Å². The Labute approximate surface area is 122 Å². The molecule has 2 rings (SSSR count). The molecule has 0 radical (unpaired) electrons. The summed E-state index contributed by atoms with van der Waals surface area (Å²) >= 11 is 1.54. The van der Waals surface area contributed by atoms with Crippen LogP contribution in [0.3, 0.4) is 0 Å². The van der Waals surface area contributed by atoms with Gasteiger partial charge in [-0.05, 0) is 25.0 Å². The van der Waals surface area contributed by atoms with Crippen molar-refractivity contribution in [3.05, 3.63) is 30.3 Å². The first-order valence-corrected chi connectivity index (χ1v) is 7.63. The van der Waals surface area contributed by atoms with Crippen molar-refractivity contribution in [3.63, 3.8) is 0 Å². The Morgan fingerprint density at radius 3 is 2.70 bits per heavy atom. The van der Waals surface area contributed by atoms with Gasteiger partial charge in [-0.1, -0.05) is 23.4 Å². The molecule has 6 heteroatoms. The maximum absolute atomic E-state index is 12.3. The summed E-state index contributed by atoms with van der Waals surface area (Å²) in [7, 11) is 0. The fraction of sp³-hybridized carbons (Fsp3) is 0.429. The number of amidine groups is 1. The predicted molar refractivity (Wildman–Crippen MR) is 79.9 cm³/mol. The maximum atomic E-state index is 12.3. The number of oxime groups is 1. The van der Waals surface area contributed by atoms with E-state index in [4.69, 9.17) is 10.9 Å². The van der Waals surface area contributed by atoms with Crippen LogP contribution < -0.4 is 5.73 Å². The molecule has 0 spiro atoms. The molecule has 1 aromatic carbocycles. The van der Waals surface area contributed by atoms with Crippen LogP contribution in [0.5, 0.6) is 0 Å². The number of nitrogens with zero attached hydrogens (tertiary/aromatic N) is 2. The summed E-state index contributed by atoms with van der Waals surface area (Å²) in [6.45, 7) is 0.523. The van der Waals surface area contributed by atoms with Gasteiger partial charge in [0.15, 0.2) is 0 Å². The monoisotopic (exact) mass is 293 g/mol. The SMILES string of the molecule is NC(CCN(C(=O)CSc1ccccc1)C1CC1)=NO. The van der Waals surface area contributed by atoms with Crippen molar-refractivity contribution >= 4 is 23.5 Å². The van der Waals surface area contributed by atoms with Crippen LogP contribution in [0.25, 0.3) is 0 Å². The van der Waals surface area contributed by atoms with Gasteiger partial charge < -0.3 is 15.8 Å². The Kier molecular flexibility index (Phi) is 5.29. The zero-order chi connectivity index (χ0) is 14.4. The lowest BCUT2D eigenvalue weighted by Crippen LogP contribution is -2.37. The number of carbonyl (C=O) groups excluding carboxylic acids is 1. The second-order valence-corrected chi connectivity index (χ2v) is 5.81. The van der Waals surface area contributed by atoms with E-state index in [0.717, 1.165) is 17.7 Å². The summed E-state index contributed by atoms with van der Waals surface area (Å²) in [5.74, 6) is 0.711. The number of hydrogen-bond donors (Lipinski definition) is 2. The fourth-order valence-electron chi connectivity index (χ4n) is 1.93. The molecule has 1 aliphatic carbocycles. The topological polar surface area (TPSA) is 78.9 Å². The number of carbonyl (C=O) groups is 1. The molecule has 0 heterocycles. The van der Waals surface area contributed by atoms with E-state index in [-0.39, 0.29) is 11.7 Å². The molecule has 1 amide bonds. The Bertz CT molecular complexity index is 475. The van der Waals surface area contributed by atoms with Crippen LogP contribution in [0, 0.1) is 0 Å². The van der Waals surface area contributed by atoms with Crippen LogP contribution in [0.15, 0.2) is 40.4 Å². The molecule has 1 aromatic rings. The molecular formula is C14H19N3O2S. The Morgan fingerprint density at radius 2 is 2.10 bits per heavy atom. The molecule has 0 bridgehead atoms. The summed E-state index contributed by atoms with van der Waals surface area (Å²) in [6.07, 6.45) is 2.52. The Morgan fingerprint density at radius 1 is 1.40 bits per heavy atom. The van der Waals surface area contributed by atoms with Crippen molar-refractivity contribution in [1.82, 2.24) is 4.90 Å². The minimum absolute atomic E-state index is 0.118. The number of rotatable bonds is 7. The average Bonchev–Trinajstić information content (AvgIpc) is 3.31. The first-order chi connectivity index (χ1) is 9.70. The van der Waals surface area contributed by atoms with Gasteiger partial charge in [-0.25, -0.2) is 0 Å². The van der Waals surface area contributed by atoms with E-state index < -0.39 is 0 Å². The van der Waals surface area contributed by atoms with Gasteiger partial charge in [-0.3, -0.25) is 4.79 Å². The zero-order valence-electron chi connectivity index (χ0n) is 11.2. The van der Waals surface area contributed by atoms with Gasteiger partial charge in [0, 0.05) is 23.9 Å². The standard InChI is InChI=1S/C14H19N3O2S/c15-13(16-19)8-9-17(11-6-7-11)14(18)10-20-12-4-2-1-3-5-12/h1-5,11,19H,6-10H2,(H2,15,16). The fourth-order valence-corrected chi connectivity index (χ4v) is 2.73. The molecule has 108 valence electrons. The van der Waals surface area contributed by atoms with Crippen molar-refractivity contribution in [3.8, 4) is 0 Å². The minimum atomic E-state index is 0.118. The molecule has 0 aromatic heterocycles. The van der Waals surface area contributed by atoms with Crippen molar-refractivity contribution in [2.24, 2.45) is 10.9 Å². The van der Waals surface area contributed by atoms with Crippen molar-refractivity contribution < 1.29 is 10.0 Å². The molecule has 1 saturated carbocycles. The summed E-state index contributed by atoms with van der Waals surface area (Å²) < 4.78 is 0. The van der Waals surface area contributed by atoms with Crippen LogP contribution >= 0.6 is 11.8 Å². The highest BCUT2D eigenvalue weighted by atomic mass is 32.2. The lowest BCUT2D eigenvalue weighted by molar-refractivity contribution is -0.128. The molecule has 20 heavy (non-hydrogen) atoms. The Hall–Kier alpha value is -1.69. The lowest BCUT2D eigenvalue weighted by Gasteiger charge is -2.22. The third-order valence-electron chi connectivity index (χ3n) is 3.15. The van der Waals surface area contributed by atoms with Crippen LogP contribution in [0.1, 0.15) is 19.3 Å². The van der Waals surface area contributed by atoms with Gasteiger partial charge in [0.2, 0.25) is 5.91 Å². The third-order valence-corrected chi connectivity index (χ3v) is 4.15. The van der Waals surface area contributed by atoms with Crippen LogP contribution in [0.4, 0.5) is 0 Å². The van der Waals surface area contributed by atoms with Crippen molar-refractivity contribution in [2.75, 3.05) is 12.3 Å². The summed E-state index contributed by atoms with van der Waals surface area (Å²) in [5.41, 5.74) is 5.46. The normalized spacial score (nSPS) is 15.1. The molecule has 1 fully saturated rings. The first kappa shape index (κ1) is 14.7. The van der Waals surface area contributed by atoms with E-state index in [9.17, 15) is 4.79 Å². The van der Waals surface area contributed by atoms with Crippen molar-refractivity contribution in [1.29, 1.82) is 0 Å². The number of thioether (sulfide) groups is 1. The molecular weight excluding hydrogens is 274 g/mol. The van der Waals surface area contributed by atoms with Crippen LogP contribution in [0.2, 0.25) is 0 Å². The van der Waals surface area contributed by atoms with Gasteiger partial charge in [0.1, 0.15) is 5.84 Å². The predicted octanol–water partition coefficient (Wildman–Crippen LogP) is 1.91. The summed E-state index contributed by atoms with van der Waals surface area (Å²) in [6, 6.07) is 10.2. The Balaban J connectivity index is 1.84. The second-order valence-electron chi connectivity index (χ2n) is 4.76. The largest absolute Gasteiger partial charge is 0.409 e. The van der Waals surface area contributed by atoms with Gasteiger partial charge in [-0.2, -0.15) is 0 Å². The van der Waals surface area contributed by atoms with E-state index in [1.165, 1.54) is 11.8 Å². The molecule has 0 unspecified atom stereocenters. The quantitative estimate of drug-likeness (QED) is 0.265. The van der Waals surface area contributed by atoms with E-state index in [1.54, 1.807) is 0 Å². The molecule has 0 atom stereocenters. The summed E-state index contributed by atoms with van der Waals surface area (Å²) in [5, 5.41) is 11.5. The highest BCUT2D eigenvalue weighted by Crippen LogP contribution is 2.28. The van der Waals surface area contributed by atoms with E-state index >= 15 is 0 Å². The van der Waals surface area contributed by atoms with Crippen molar-refractivity contribution in [2.45, 2.75) is 30.2 Å².